The lowest BCUT2D eigenvalue weighted by Crippen LogP contribution is -2.48. The van der Waals surface area contributed by atoms with E-state index in [2.05, 4.69) is 40.5 Å². The Hall–Kier alpha value is -1.75. The molecule has 24 heavy (non-hydrogen) atoms. The van der Waals surface area contributed by atoms with Gasteiger partial charge in [0.1, 0.15) is 0 Å². The first-order chi connectivity index (χ1) is 11.6. The van der Waals surface area contributed by atoms with E-state index >= 15 is 0 Å². The van der Waals surface area contributed by atoms with Crippen molar-refractivity contribution >= 4 is 17.4 Å². The lowest BCUT2D eigenvalue weighted by Gasteiger charge is -2.35. The van der Waals surface area contributed by atoms with Gasteiger partial charge in [0.05, 0.1) is 11.4 Å². The maximum Gasteiger partial charge on any atom is 0.319 e. The first-order valence-corrected chi connectivity index (χ1v) is 9.25. The topological polar surface area (TPSA) is 47.6 Å². The lowest BCUT2D eigenvalue weighted by atomic mass is 9.99. The second-order valence-corrected chi connectivity index (χ2v) is 7.21. The number of piperidine rings is 2. The average Bonchev–Trinajstić information content (AvgIpc) is 2.59. The summed E-state index contributed by atoms with van der Waals surface area (Å²) in [6.07, 6.45) is 5.79. The second-order valence-electron chi connectivity index (χ2n) is 7.21. The average molecular weight is 330 g/mol. The van der Waals surface area contributed by atoms with Crippen molar-refractivity contribution in [3.05, 3.63) is 24.3 Å². The van der Waals surface area contributed by atoms with Gasteiger partial charge in [-0.2, -0.15) is 0 Å². The molecular formula is C19H30N4O. The summed E-state index contributed by atoms with van der Waals surface area (Å²) in [5, 5.41) is 6.23. The highest BCUT2D eigenvalue weighted by Crippen LogP contribution is 2.28. The molecular weight excluding hydrogens is 300 g/mol. The van der Waals surface area contributed by atoms with Crippen LogP contribution >= 0.6 is 0 Å². The number of rotatable bonds is 3. The predicted octanol–water partition coefficient (Wildman–Crippen LogP) is 3.28. The molecule has 0 radical (unpaired) electrons. The molecule has 2 aliphatic heterocycles. The summed E-state index contributed by atoms with van der Waals surface area (Å²) in [6, 6.07) is 8.84. The van der Waals surface area contributed by atoms with Gasteiger partial charge in [-0.05, 0) is 58.2 Å². The van der Waals surface area contributed by atoms with Crippen LogP contribution in [0.2, 0.25) is 0 Å². The summed E-state index contributed by atoms with van der Waals surface area (Å²) in [6.45, 7) is 5.41. The normalized spacial score (nSPS) is 25.3. The van der Waals surface area contributed by atoms with E-state index in [0.717, 1.165) is 43.9 Å². The number of nitrogens with one attached hydrogen (secondary N) is 2. The molecule has 0 aromatic heterocycles. The Labute approximate surface area is 145 Å². The molecule has 0 spiro atoms. The monoisotopic (exact) mass is 330 g/mol. The van der Waals surface area contributed by atoms with Gasteiger partial charge in [0, 0.05) is 31.7 Å². The SMILES string of the molecule is CC1CC(NC(=O)Nc2ccccc2N2CCCCC2)CCN1C. The van der Waals surface area contributed by atoms with Crippen LogP contribution < -0.4 is 15.5 Å². The first-order valence-electron chi connectivity index (χ1n) is 9.25. The van der Waals surface area contributed by atoms with E-state index in [-0.39, 0.29) is 12.1 Å². The Kier molecular flexibility index (Phi) is 5.61. The Morgan fingerprint density at radius 1 is 1.12 bits per heavy atom. The van der Waals surface area contributed by atoms with Crippen LogP contribution in [0.4, 0.5) is 16.2 Å². The van der Waals surface area contributed by atoms with E-state index in [4.69, 9.17) is 0 Å². The number of carbonyl (C=O) groups is 1. The van der Waals surface area contributed by atoms with Crippen molar-refractivity contribution in [1.29, 1.82) is 0 Å². The van der Waals surface area contributed by atoms with Crippen molar-refractivity contribution in [3.63, 3.8) is 0 Å². The number of likely N-dealkylation sites (tertiary alicyclic amines) is 1. The molecule has 2 amide bonds. The number of hydrogen-bond donors (Lipinski definition) is 2. The van der Waals surface area contributed by atoms with Crippen LogP contribution in [0.25, 0.3) is 0 Å². The van der Waals surface area contributed by atoms with Gasteiger partial charge in [0.15, 0.2) is 0 Å². The Morgan fingerprint density at radius 3 is 2.62 bits per heavy atom. The van der Waals surface area contributed by atoms with Crippen molar-refractivity contribution < 1.29 is 4.79 Å². The highest BCUT2D eigenvalue weighted by atomic mass is 16.2. The molecule has 2 atom stereocenters. The van der Waals surface area contributed by atoms with Crippen molar-refractivity contribution in [1.82, 2.24) is 10.2 Å². The zero-order valence-electron chi connectivity index (χ0n) is 14.9. The van der Waals surface area contributed by atoms with E-state index in [1.165, 1.54) is 19.3 Å². The number of carbonyl (C=O) groups excluding carboxylic acids is 1. The van der Waals surface area contributed by atoms with Crippen LogP contribution in [0, 0.1) is 0 Å². The molecule has 2 aliphatic rings. The number of benzene rings is 1. The molecule has 2 unspecified atom stereocenters. The molecule has 2 heterocycles. The van der Waals surface area contributed by atoms with Gasteiger partial charge in [-0.3, -0.25) is 0 Å². The van der Waals surface area contributed by atoms with Gasteiger partial charge in [0.2, 0.25) is 0 Å². The number of anilines is 2. The van der Waals surface area contributed by atoms with Crippen molar-refractivity contribution in [3.8, 4) is 0 Å². The minimum Gasteiger partial charge on any atom is -0.370 e. The summed E-state index contributed by atoms with van der Waals surface area (Å²) >= 11 is 0. The van der Waals surface area contributed by atoms with Crippen LogP contribution in [-0.2, 0) is 0 Å². The minimum atomic E-state index is -0.0822. The van der Waals surface area contributed by atoms with E-state index in [1.807, 2.05) is 18.2 Å². The zero-order chi connectivity index (χ0) is 16.9. The van der Waals surface area contributed by atoms with Crippen LogP contribution in [0.3, 0.4) is 0 Å². The predicted molar refractivity (Wildman–Crippen MR) is 99.8 cm³/mol. The maximum absolute atomic E-state index is 12.4. The molecule has 2 fully saturated rings. The first kappa shape index (κ1) is 17.1. The van der Waals surface area contributed by atoms with Gasteiger partial charge >= 0.3 is 6.03 Å². The molecule has 1 aromatic carbocycles. The van der Waals surface area contributed by atoms with Crippen LogP contribution in [0.5, 0.6) is 0 Å². The van der Waals surface area contributed by atoms with Crippen molar-refractivity contribution in [2.24, 2.45) is 0 Å². The van der Waals surface area contributed by atoms with E-state index < -0.39 is 0 Å². The number of hydrogen-bond acceptors (Lipinski definition) is 3. The third-order valence-corrected chi connectivity index (χ3v) is 5.39. The maximum atomic E-state index is 12.4. The quantitative estimate of drug-likeness (QED) is 0.894. The molecule has 1 aromatic rings. The summed E-state index contributed by atoms with van der Waals surface area (Å²) < 4.78 is 0. The summed E-state index contributed by atoms with van der Waals surface area (Å²) in [5.41, 5.74) is 2.06. The van der Waals surface area contributed by atoms with Gasteiger partial charge in [-0.15, -0.1) is 0 Å². The number of urea groups is 1. The molecule has 0 aliphatic carbocycles. The summed E-state index contributed by atoms with van der Waals surface area (Å²) in [7, 11) is 2.15. The van der Waals surface area contributed by atoms with Crippen LogP contribution in [0.15, 0.2) is 24.3 Å². The Bertz CT molecular complexity index is 556. The number of para-hydroxylation sites is 2. The Morgan fingerprint density at radius 2 is 1.88 bits per heavy atom. The minimum absolute atomic E-state index is 0.0822. The molecule has 132 valence electrons. The molecule has 0 bridgehead atoms. The lowest BCUT2D eigenvalue weighted by molar-refractivity contribution is 0.170. The van der Waals surface area contributed by atoms with Gasteiger partial charge in [0.25, 0.3) is 0 Å². The number of nitrogens with zero attached hydrogens (tertiary/aromatic N) is 2. The number of amides is 2. The standard InChI is InChI=1S/C19H30N4O/c1-15-14-16(10-13-22(15)2)20-19(24)21-17-8-4-5-9-18(17)23-11-6-3-7-12-23/h4-5,8-9,15-16H,3,6-7,10-14H2,1-2H3,(H2,20,21,24). The van der Waals surface area contributed by atoms with E-state index in [9.17, 15) is 4.79 Å². The summed E-state index contributed by atoms with van der Waals surface area (Å²) in [5.74, 6) is 0. The largest absolute Gasteiger partial charge is 0.370 e. The molecule has 0 saturated carbocycles. The molecule has 5 heteroatoms. The fourth-order valence-corrected chi connectivity index (χ4v) is 3.75. The Balaban J connectivity index is 1.60. The molecule has 3 rings (SSSR count). The molecule has 2 N–H and O–H groups in total. The third-order valence-electron chi connectivity index (χ3n) is 5.39. The highest BCUT2D eigenvalue weighted by molar-refractivity contribution is 5.93. The summed E-state index contributed by atoms with van der Waals surface area (Å²) in [4.78, 5) is 17.2. The van der Waals surface area contributed by atoms with Crippen LogP contribution in [-0.4, -0.2) is 49.7 Å². The smallest absolute Gasteiger partial charge is 0.319 e. The van der Waals surface area contributed by atoms with E-state index in [1.54, 1.807) is 0 Å². The second kappa shape index (κ2) is 7.88. The molecule has 5 nitrogen and oxygen atoms in total. The fraction of sp³-hybridized carbons (Fsp3) is 0.632. The molecule has 2 saturated heterocycles. The zero-order valence-corrected chi connectivity index (χ0v) is 14.9. The van der Waals surface area contributed by atoms with Crippen molar-refractivity contribution in [2.45, 2.75) is 51.1 Å². The third kappa shape index (κ3) is 4.20. The van der Waals surface area contributed by atoms with Crippen LogP contribution in [0.1, 0.15) is 39.0 Å². The van der Waals surface area contributed by atoms with Gasteiger partial charge < -0.3 is 20.4 Å². The van der Waals surface area contributed by atoms with Gasteiger partial charge in [-0.25, -0.2) is 4.79 Å². The van der Waals surface area contributed by atoms with Gasteiger partial charge in [-0.1, -0.05) is 12.1 Å². The highest BCUT2D eigenvalue weighted by Gasteiger charge is 2.24. The van der Waals surface area contributed by atoms with Crippen molar-refractivity contribution in [2.75, 3.05) is 36.9 Å². The fourth-order valence-electron chi connectivity index (χ4n) is 3.75. The van der Waals surface area contributed by atoms with E-state index in [0.29, 0.717) is 6.04 Å².